The lowest BCUT2D eigenvalue weighted by Crippen LogP contribution is -2.22. The number of hydrogen-bond donors (Lipinski definition) is 3. The molecule has 0 bridgehead atoms. The Morgan fingerprint density at radius 3 is 2.46 bits per heavy atom. The Labute approximate surface area is 145 Å². The number of halogens is 1. The second-order valence-corrected chi connectivity index (χ2v) is 5.44. The molecule has 0 saturated heterocycles. The van der Waals surface area contributed by atoms with E-state index in [4.69, 9.17) is 16.3 Å². The average Bonchev–Trinajstić information content (AvgIpc) is 2.53. The van der Waals surface area contributed by atoms with E-state index in [-0.39, 0.29) is 18.4 Å². The summed E-state index contributed by atoms with van der Waals surface area (Å²) in [7, 11) is 1.54. The summed E-state index contributed by atoms with van der Waals surface area (Å²) >= 11 is 5.95. The third-order valence-electron chi connectivity index (χ3n) is 3.07. The largest absolute Gasteiger partial charge is 0.495 e. The molecule has 0 aliphatic rings. The molecule has 0 atom stereocenters. The Kier molecular flexibility index (Phi) is 6.03. The van der Waals surface area contributed by atoms with Crippen molar-refractivity contribution in [3.05, 3.63) is 47.5 Å². The molecule has 0 heterocycles. The molecular weight excluding hydrogens is 330 g/mol. The highest BCUT2D eigenvalue weighted by atomic mass is 35.5. The van der Waals surface area contributed by atoms with Crippen LogP contribution < -0.4 is 20.7 Å². The normalized spacial score (nSPS) is 9.96. The summed E-state index contributed by atoms with van der Waals surface area (Å²) < 4.78 is 5.21. The van der Waals surface area contributed by atoms with Crippen LogP contribution in [0.3, 0.4) is 0 Å². The number of carbonyl (C=O) groups excluding carboxylic acids is 2. The number of ether oxygens (including phenoxy) is 1. The van der Waals surface area contributed by atoms with E-state index in [0.717, 1.165) is 0 Å². The minimum Gasteiger partial charge on any atom is -0.495 e. The van der Waals surface area contributed by atoms with Gasteiger partial charge in [0.25, 0.3) is 0 Å². The van der Waals surface area contributed by atoms with Crippen LogP contribution in [0.5, 0.6) is 5.75 Å². The van der Waals surface area contributed by atoms with Crippen LogP contribution in [0.4, 0.5) is 17.1 Å². The van der Waals surface area contributed by atoms with Gasteiger partial charge in [0.1, 0.15) is 5.75 Å². The quantitative estimate of drug-likeness (QED) is 0.748. The Balaban J connectivity index is 1.96. The van der Waals surface area contributed by atoms with Crippen LogP contribution in [-0.2, 0) is 9.59 Å². The summed E-state index contributed by atoms with van der Waals surface area (Å²) in [6.45, 7) is 1.47. The van der Waals surface area contributed by atoms with E-state index in [1.165, 1.54) is 6.92 Å². The van der Waals surface area contributed by atoms with E-state index in [1.807, 2.05) is 0 Å². The summed E-state index contributed by atoms with van der Waals surface area (Å²) in [6.07, 6.45) is 0. The summed E-state index contributed by atoms with van der Waals surface area (Å²) in [5.74, 6) is 0.185. The van der Waals surface area contributed by atoms with Crippen molar-refractivity contribution in [1.29, 1.82) is 0 Å². The van der Waals surface area contributed by atoms with E-state index in [9.17, 15) is 9.59 Å². The molecule has 0 aromatic heterocycles. The van der Waals surface area contributed by atoms with Crippen LogP contribution in [0.15, 0.2) is 42.5 Å². The molecule has 0 saturated carbocycles. The molecule has 2 aromatic rings. The SMILES string of the molecule is COc1ccc(Cl)cc1NCC(=O)Nc1cccc(NC(C)=O)c1. The van der Waals surface area contributed by atoms with Crippen molar-refractivity contribution < 1.29 is 14.3 Å². The van der Waals surface area contributed by atoms with Crippen molar-refractivity contribution >= 4 is 40.5 Å². The Morgan fingerprint density at radius 2 is 1.79 bits per heavy atom. The van der Waals surface area contributed by atoms with Gasteiger partial charge in [0.05, 0.1) is 19.3 Å². The fourth-order valence-corrected chi connectivity index (χ4v) is 2.25. The first-order chi connectivity index (χ1) is 11.5. The highest BCUT2D eigenvalue weighted by Crippen LogP contribution is 2.27. The Bertz CT molecular complexity index is 750. The fourth-order valence-electron chi connectivity index (χ4n) is 2.08. The van der Waals surface area contributed by atoms with Crippen LogP contribution in [0.1, 0.15) is 6.92 Å². The van der Waals surface area contributed by atoms with Crippen LogP contribution in [-0.4, -0.2) is 25.5 Å². The third-order valence-corrected chi connectivity index (χ3v) is 3.30. The van der Waals surface area contributed by atoms with Gasteiger partial charge in [-0.1, -0.05) is 17.7 Å². The molecule has 2 aromatic carbocycles. The predicted octanol–water partition coefficient (Wildman–Crippen LogP) is 3.36. The van der Waals surface area contributed by atoms with Crippen LogP contribution in [0, 0.1) is 0 Å². The third kappa shape index (κ3) is 5.17. The van der Waals surface area contributed by atoms with Crippen molar-refractivity contribution in [2.45, 2.75) is 6.92 Å². The maximum absolute atomic E-state index is 12.1. The van der Waals surface area contributed by atoms with Crippen molar-refractivity contribution in [2.24, 2.45) is 0 Å². The van der Waals surface area contributed by atoms with Gasteiger partial charge in [-0.15, -0.1) is 0 Å². The molecular formula is C17H18ClN3O3. The molecule has 0 radical (unpaired) electrons. The molecule has 0 spiro atoms. The monoisotopic (exact) mass is 347 g/mol. The molecule has 2 rings (SSSR count). The number of amides is 2. The standard InChI is InChI=1S/C17H18ClN3O3/c1-11(22)20-13-4-3-5-14(9-13)21-17(23)10-19-15-8-12(18)6-7-16(15)24-2/h3-9,19H,10H2,1-2H3,(H,20,22)(H,21,23). The first-order valence-electron chi connectivity index (χ1n) is 7.23. The molecule has 2 amide bonds. The minimum atomic E-state index is -0.239. The van der Waals surface area contributed by atoms with Gasteiger partial charge in [0.2, 0.25) is 11.8 Å². The Hall–Kier alpha value is -2.73. The summed E-state index contributed by atoms with van der Waals surface area (Å²) in [4.78, 5) is 23.1. The van der Waals surface area contributed by atoms with E-state index in [1.54, 1.807) is 49.6 Å². The van der Waals surface area contributed by atoms with E-state index >= 15 is 0 Å². The number of hydrogen-bond acceptors (Lipinski definition) is 4. The zero-order valence-corrected chi connectivity index (χ0v) is 14.1. The predicted molar refractivity (Wildman–Crippen MR) is 95.9 cm³/mol. The summed E-state index contributed by atoms with van der Waals surface area (Å²) in [6, 6.07) is 12.0. The molecule has 3 N–H and O–H groups in total. The van der Waals surface area contributed by atoms with Gasteiger partial charge in [-0.05, 0) is 36.4 Å². The van der Waals surface area contributed by atoms with Crippen molar-refractivity contribution in [2.75, 3.05) is 29.6 Å². The zero-order chi connectivity index (χ0) is 17.5. The van der Waals surface area contributed by atoms with Crippen LogP contribution in [0.25, 0.3) is 0 Å². The minimum absolute atomic E-state index is 0.0427. The molecule has 0 unspecified atom stereocenters. The first kappa shape index (κ1) is 17.6. The number of carbonyl (C=O) groups is 2. The van der Waals surface area contributed by atoms with Crippen LogP contribution >= 0.6 is 11.6 Å². The lowest BCUT2D eigenvalue weighted by molar-refractivity contribution is -0.115. The van der Waals surface area contributed by atoms with Gasteiger partial charge in [0.15, 0.2) is 0 Å². The van der Waals surface area contributed by atoms with Crippen molar-refractivity contribution in [3.63, 3.8) is 0 Å². The first-order valence-corrected chi connectivity index (χ1v) is 7.60. The molecule has 6 nitrogen and oxygen atoms in total. The number of methoxy groups -OCH3 is 1. The molecule has 7 heteroatoms. The maximum atomic E-state index is 12.1. The van der Waals surface area contributed by atoms with Gasteiger partial charge in [0, 0.05) is 23.3 Å². The summed E-state index contributed by atoms with van der Waals surface area (Å²) in [5.41, 5.74) is 1.84. The molecule has 126 valence electrons. The zero-order valence-electron chi connectivity index (χ0n) is 13.4. The highest BCUT2D eigenvalue weighted by Gasteiger charge is 2.07. The van der Waals surface area contributed by atoms with Crippen molar-refractivity contribution in [3.8, 4) is 5.75 Å². The highest BCUT2D eigenvalue weighted by molar-refractivity contribution is 6.30. The number of anilines is 3. The number of nitrogens with one attached hydrogen (secondary N) is 3. The van der Waals surface area contributed by atoms with Gasteiger partial charge in [-0.2, -0.15) is 0 Å². The van der Waals surface area contributed by atoms with Crippen LogP contribution in [0.2, 0.25) is 5.02 Å². The smallest absolute Gasteiger partial charge is 0.243 e. The molecule has 0 fully saturated rings. The van der Waals surface area contributed by atoms with Gasteiger partial charge in [-0.25, -0.2) is 0 Å². The van der Waals surface area contributed by atoms with Gasteiger partial charge < -0.3 is 20.7 Å². The molecule has 24 heavy (non-hydrogen) atoms. The summed E-state index contributed by atoms with van der Waals surface area (Å²) in [5, 5.41) is 8.94. The fraction of sp³-hybridized carbons (Fsp3) is 0.176. The van der Waals surface area contributed by atoms with E-state index in [2.05, 4.69) is 16.0 Å². The molecule has 0 aliphatic carbocycles. The number of benzene rings is 2. The Morgan fingerprint density at radius 1 is 1.08 bits per heavy atom. The van der Waals surface area contributed by atoms with Gasteiger partial charge >= 0.3 is 0 Å². The van der Waals surface area contributed by atoms with E-state index in [0.29, 0.717) is 27.8 Å². The van der Waals surface area contributed by atoms with Gasteiger partial charge in [-0.3, -0.25) is 9.59 Å². The average molecular weight is 348 g/mol. The van der Waals surface area contributed by atoms with Crippen molar-refractivity contribution in [1.82, 2.24) is 0 Å². The van der Waals surface area contributed by atoms with E-state index < -0.39 is 0 Å². The lowest BCUT2D eigenvalue weighted by atomic mass is 10.2. The topological polar surface area (TPSA) is 79.5 Å². The molecule has 0 aliphatic heterocycles. The lowest BCUT2D eigenvalue weighted by Gasteiger charge is -2.12. The number of rotatable bonds is 6. The second-order valence-electron chi connectivity index (χ2n) is 5.01. The second kappa shape index (κ2) is 8.21. The maximum Gasteiger partial charge on any atom is 0.243 e.